The highest BCUT2D eigenvalue weighted by molar-refractivity contribution is 5.84. The number of benzene rings is 1. The van der Waals surface area contributed by atoms with Crippen molar-refractivity contribution < 1.29 is 4.79 Å². The topological polar surface area (TPSA) is 32.3 Å². The summed E-state index contributed by atoms with van der Waals surface area (Å²) in [6.45, 7) is 7.06. The number of amides is 1. The minimum atomic E-state index is -0.0251. The van der Waals surface area contributed by atoms with E-state index in [1.54, 1.807) is 0 Å². The molecule has 2 unspecified atom stereocenters. The summed E-state index contributed by atoms with van der Waals surface area (Å²) in [6.07, 6.45) is 1.89. The Kier molecular flexibility index (Phi) is 4.02. The van der Waals surface area contributed by atoms with Gasteiger partial charge >= 0.3 is 0 Å². The lowest BCUT2D eigenvalue weighted by Crippen LogP contribution is -2.31. The zero-order valence-corrected chi connectivity index (χ0v) is 11.4. The molecule has 18 heavy (non-hydrogen) atoms. The van der Waals surface area contributed by atoms with Gasteiger partial charge in [-0.1, -0.05) is 43.7 Å². The number of carbonyl (C=O) groups excluding carboxylic acids is 1. The van der Waals surface area contributed by atoms with E-state index in [2.05, 4.69) is 50.4 Å². The fourth-order valence-corrected chi connectivity index (χ4v) is 2.48. The number of hydrogen-bond donors (Lipinski definition) is 1. The molecular weight excluding hydrogens is 224 g/mol. The van der Waals surface area contributed by atoms with E-state index in [1.807, 2.05) is 4.90 Å². The molecule has 2 rings (SSSR count). The van der Waals surface area contributed by atoms with Gasteiger partial charge in [0.1, 0.15) is 6.17 Å². The molecule has 98 valence electrons. The third kappa shape index (κ3) is 2.41. The first-order valence-corrected chi connectivity index (χ1v) is 6.80. The van der Waals surface area contributed by atoms with Crippen molar-refractivity contribution in [1.29, 1.82) is 0 Å². The number of rotatable bonds is 4. The third-order valence-corrected chi connectivity index (χ3v) is 3.52. The molecule has 0 saturated carbocycles. The van der Waals surface area contributed by atoms with E-state index in [0.29, 0.717) is 0 Å². The van der Waals surface area contributed by atoms with E-state index in [9.17, 15) is 4.79 Å². The highest BCUT2D eigenvalue weighted by Crippen LogP contribution is 2.26. The van der Waals surface area contributed by atoms with Gasteiger partial charge in [0.25, 0.3) is 0 Å². The van der Waals surface area contributed by atoms with Crippen LogP contribution in [0.1, 0.15) is 44.0 Å². The maximum atomic E-state index is 12.2. The summed E-state index contributed by atoms with van der Waals surface area (Å²) in [6, 6.07) is 8.40. The van der Waals surface area contributed by atoms with Crippen LogP contribution in [0.2, 0.25) is 0 Å². The lowest BCUT2D eigenvalue weighted by molar-refractivity contribution is -0.130. The average Bonchev–Trinajstić information content (AvgIpc) is 2.69. The van der Waals surface area contributed by atoms with Crippen molar-refractivity contribution in [3.8, 4) is 0 Å². The van der Waals surface area contributed by atoms with E-state index >= 15 is 0 Å². The van der Waals surface area contributed by atoms with Gasteiger partial charge in [0.2, 0.25) is 5.91 Å². The van der Waals surface area contributed by atoms with Crippen LogP contribution in [0, 0.1) is 6.92 Å². The van der Waals surface area contributed by atoms with Crippen LogP contribution < -0.4 is 5.32 Å². The lowest BCUT2D eigenvalue weighted by Gasteiger charge is -2.24. The summed E-state index contributed by atoms with van der Waals surface area (Å²) in [5.74, 6) is 0.241. The molecular formula is C15H22N2O. The molecule has 1 aromatic rings. The van der Waals surface area contributed by atoms with Crippen molar-refractivity contribution in [3.05, 3.63) is 35.4 Å². The summed E-state index contributed by atoms with van der Waals surface area (Å²) in [5.41, 5.74) is 2.43. The Labute approximate surface area is 109 Å². The van der Waals surface area contributed by atoms with E-state index in [1.165, 1.54) is 11.1 Å². The number of nitrogens with zero attached hydrogens (tertiary/aromatic N) is 1. The molecule has 3 heteroatoms. The number of nitrogens with one attached hydrogen (secondary N) is 1. The van der Waals surface area contributed by atoms with Gasteiger partial charge in [-0.3, -0.25) is 10.1 Å². The summed E-state index contributed by atoms with van der Waals surface area (Å²) < 4.78 is 0. The maximum absolute atomic E-state index is 12.2. The molecule has 1 heterocycles. The molecule has 0 aliphatic carbocycles. The lowest BCUT2D eigenvalue weighted by atomic mass is 10.1. The second-order valence-corrected chi connectivity index (χ2v) is 4.97. The summed E-state index contributed by atoms with van der Waals surface area (Å²) >= 11 is 0. The van der Waals surface area contributed by atoms with Gasteiger partial charge in [0, 0.05) is 6.54 Å². The molecule has 1 saturated heterocycles. The fraction of sp³-hybridized carbons (Fsp3) is 0.533. The maximum Gasteiger partial charge on any atom is 0.241 e. The third-order valence-electron chi connectivity index (χ3n) is 3.52. The van der Waals surface area contributed by atoms with Crippen molar-refractivity contribution in [2.75, 3.05) is 6.54 Å². The minimum Gasteiger partial charge on any atom is -0.322 e. The average molecular weight is 246 g/mol. The quantitative estimate of drug-likeness (QED) is 0.885. The predicted molar refractivity (Wildman–Crippen MR) is 73.1 cm³/mol. The first kappa shape index (κ1) is 13.1. The number of aryl methyl sites for hydroxylation is 1. The Morgan fingerprint density at radius 3 is 2.44 bits per heavy atom. The van der Waals surface area contributed by atoms with Crippen LogP contribution in [0.15, 0.2) is 24.3 Å². The minimum absolute atomic E-state index is 0.0251. The van der Waals surface area contributed by atoms with Gasteiger partial charge in [-0.2, -0.15) is 0 Å². The second kappa shape index (κ2) is 5.53. The molecule has 1 aliphatic heterocycles. The van der Waals surface area contributed by atoms with Crippen LogP contribution >= 0.6 is 0 Å². The van der Waals surface area contributed by atoms with Crippen LogP contribution in [-0.4, -0.2) is 23.4 Å². The van der Waals surface area contributed by atoms with Crippen molar-refractivity contribution in [2.24, 2.45) is 0 Å². The number of hydrogen-bond acceptors (Lipinski definition) is 2. The fourth-order valence-electron chi connectivity index (χ4n) is 2.48. The van der Waals surface area contributed by atoms with E-state index in [0.717, 1.165) is 19.4 Å². The Bertz CT molecular complexity index is 413. The van der Waals surface area contributed by atoms with Crippen molar-refractivity contribution >= 4 is 5.91 Å². The van der Waals surface area contributed by atoms with Crippen molar-refractivity contribution in [3.63, 3.8) is 0 Å². The molecule has 0 radical (unpaired) electrons. The molecule has 1 aromatic carbocycles. The van der Waals surface area contributed by atoms with Crippen LogP contribution in [0.3, 0.4) is 0 Å². The molecule has 1 N–H and O–H groups in total. The van der Waals surface area contributed by atoms with Gasteiger partial charge in [0.05, 0.1) is 6.04 Å². The van der Waals surface area contributed by atoms with E-state index in [4.69, 9.17) is 0 Å². The van der Waals surface area contributed by atoms with Crippen LogP contribution in [0.5, 0.6) is 0 Å². The highest BCUT2D eigenvalue weighted by Gasteiger charge is 2.37. The monoisotopic (exact) mass is 246 g/mol. The van der Waals surface area contributed by atoms with Gasteiger partial charge in [-0.15, -0.1) is 0 Å². The van der Waals surface area contributed by atoms with E-state index < -0.39 is 0 Å². The second-order valence-electron chi connectivity index (χ2n) is 4.97. The van der Waals surface area contributed by atoms with Gasteiger partial charge in [-0.25, -0.2) is 0 Å². The Morgan fingerprint density at radius 1 is 1.22 bits per heavy atom. The standard InChI is InChI=1S/C15H22N2O/c1-4-10-17-14(16-13(5-2)15(17)18)12-8-6-11(3)7-9-12/h6-9,13-14,16H,4-5,10H2,1-3H3. The summed E-state index contributed by atoms with van der Waals surface area (Å²) in [7, 11) is 0. The van der Waals surface area contributed by atoms with Crippen molar-refractivity contribution in [1.82, 2.24) is 10.2 Å². The zero-order valence-electron chi connectivity index (χ0n) is 11.4. The Balaban J connectivity index is 2.24. The zero-order chi connectivity index (χ0) is 13.1. The Hall–Kier alpha value is -1.35. The molecule has 1 fully saturated rings. The predicted octanol–water partition coefficient (Wildman–Crippen LogP) is 2.61. The van der Waals surface area contributed by atoms with E-state index in [-0.39, 0.29) is 18.1 Å². The SMILES string of the molecule is CCCN1C(=O)C(CC)NC1c1ccc(C)cc1. The first-order chi connectivity index (χ1) is 8.67. The highest BCUT2D eigenvalue weighted by atomic mass is 16.2. The van der Waals surface area contributed by atoms with Crippen molar-refractivity contribution in [2.45, 2.75) is 45.8 Å². The smallest absolute Gasteiger partial charge is 0.241 e. The van der Waals surface area contributed by atoms with Crippen LogP contribution in [-0.2, 0) is 4.79 Å². The van der Waals surface area contributed by atoms with Gasteiger partial charge < -0.3 is 4.90 Å². The molecule has 3 nitrogen and oxygen atoms in total. The summed E-state index contributed by atoms with van der Waals surface area (Å²) in [5, 5.41) is 3.44. The first-order valence-electron chi connectivity index (χ1n) is 6.80. The van der Waals surface area contributed by atoms with Crippen LogP contribution in [0.25, 0.3) is 0 Å². The molecule has 0 aromatic heterocycles. The van der Waals surface area contributed by atoms with Gasteiger partial charge in [-0.05, 0) is 25.3 Å². The normalized spacial score (nSPS) is 23.7. The molecule has 0 spiro atoms. The van der Waals surface area contributed by atoms with Gasteiger partial charge in [0.15, 0.2) is 0 Å². The van der Waals surface area contributed by atoms with Crippen LogP contribution in [0.4, 0.5) is 0 Å². The molecule has 1 amide bonds. The largest absolute Gasteiger partial charge is 0.322 e. The number of carbonyl (C=O) groups is 1. The summed E-state index contributed by atoms with van der Waals surface area (Å²) in [4.78, 5) is 14.2. The molecule has 1 aliphatic rings. The molecule has 2 atom stereocenters. The Morgan fingerprint density at radius 2 is 1.89 bits per heavy atom. The molecule has 0 bridgehead atoms.